The first-order valence-corrected chi connectivity index (χ1v) is 6.13. The minimum absolute atomic E-state index is 0.483. The summed E-state index contributed by atoms with van der Waals surface area (Å²) in [5.74, 6) is 0.607. The first-order valence-electron chi connectivity index (χ1n) is 5.33. The number of nitrogens with two attached hydrogens (primary N) is 1. The van der Waals surface area contributed by atoms with Gasteiger partial charge in [0.05, 0.1) is 5.69 Å². The second-order valence-corrected chi connectivity index (χ2v) is 4.55. The molecule has 90 valence electrons. The second kappa shape index (κ2) is 5.33. The molecule has 0 spiro atoms. The standard InChI is InChI=1S/C12H14BrN3O/c1-16-11(8-12(15-16)17-7-6-14)9-2-4-10(13)5-3-9/h2-5,8H,6-7,14H2,1H3. The lowest BCUT2D eigenvalue weighted by atomic mass is 10.1. The number of rotatable bonds is 4. The minimum atomic E-state index is 0.483. The molecular formula is C12H14BrN3O. The molecule has 17 heavy (non-hydrogen) atoms. The van der Waals surface area contributed by atoms with Crippen LogP contribution in [0.25, 0.3) is 11.3 Å². The molecule has 0 amide bonds. The lowest BCUT2D eigenvalue weighted by Gasteiger charge is -2.00. The monoisotopic (exact) mass is 295 g/mol. The van der Waals surface area contributed by atoms with E-state index >= 15 is 0 Å². The van der Waals surface area contributed by atoms with Crippen LogP contribution in [0.4, 0.5) is 0 Å². The molecule has 0 saturated carbocycles. The van der Waals surface area contributed by atoms with E-state index in [1.165, 1.54) is 0 Å². The van der Waals surface area contributed by atoms with Crippen molar-refractivity contribution < 1.29 is 4.74 Å². The topological polar surface area (TPSA) is 53.1 Å². The van der Waals surface area contributed by atoms with E-state index in [2.05, 4.69) is 21.0 Å². The molecule has 1 heterocycles. The first-order chi connectivity index (χ1) is 8.20. The molecule has 2 aromatic rings. The van der Waals surface area contributed by atoms with Gasteiger partial charge in [-0.05, 0) is 17.7 Å². The zero-order valence-corrected chi connectivity index (χ0v) is 11.1. The summed E-state index contributed by atoms with van der Waals surface area (Å²) >= 11 is 3.41. The first kappa shape index (κ1) is 12.1. The summed E-state index contributed by atoms with van der Waals surface area (Å²) in [6.07, 6.45) is 0. The molecule has 5 heteroatoms. The van der Waals surface area contributed by atoms with Crippen LogP contribution in [-0.2, 0) is 7.05 Å². The van der Waals surface area contributed by atoms with Crippen LogP contribution >= 0.6 is 15.9 Å². The fraction of sp³-hybridized carbons (Fsp3) is 0.250. The molecule has 0 aliphatic rings. The Labute approximate surface area is 109 Å². The van der Waals surface area contributed by atoms with Gasteiger partial charge >= 0.3 is 0 Å². The summed E-state index contributed by atoms with van der Waals surface area (Å²) in [6, 6.07) is 9.99. The van der Waals surface area contributed by atoms with Crippen molar-refractivity contribution in [1.82, 2.24) is 9.78 Å². The second-order valence-electron chi connectivity index (χ2n) is 3.64. The van der Waals surface area contributed by atoms with E-state index in [-0.39, 0.29) is 0 Å². The number of hydrogen-bond acceptors (Lipinski definition) is 3. The molecule has 2 N–H and O–H groups in total. The molecule has 0 fully saturated rings. The van der Waals surface area contributed by atoms with E-state index in [1.54, 1.807) is 4.68 Å². The summed E-state index contributed by atoms with van der Waals surface area (Å²) in [7, 11) is 1.90. The van der Waals surface area contributed by atoms with Gasteiger partial charge in [0.1, 0.15) is 6.61 Å². The summed E-state index contributed by atoms with van der Waals surface area (Å²) in [4.78, 5) is 0. The quantitative estimate of drug-likeness (QED) is 0.941. The minimum Gasteiger partial charge on any atom is -0.475 e. The van der Waals surface area contributed by atoms with Crippen molar-refractivity contribution in [1.29, 1.82) is 0 Å². The van der Waals surface area contributed by atoms with E-state index in [0.717, 1.165) is 15.7 Å². The molecule has 0 aliphatic carbocycles. The third kappa shape index (κ3) is 2.87. The maximum Gasteiger partial charge on any atom is 0.233 e. The van der Waals surface area contributed by atoms with E-state index in [1.807, 2.05) is 37.4 Å². The molecule has 0 atom stereocenters. The highest BCUT2D eigenvalue weighted by atomic mass is 79.9. The van der Waals surface area contributed by atoms with Crippen molar-refractivity contribution in [2.45, 2.75) is 0 Å². The average Bonchev–Trinajstić information content (AvgIpc) is 2.69. The van der Waals surface area contributed by atoms with Gasteiger partial charge in [-0.3, -0.25) is 4.68 Å². The Kier molecular flexibility index (Phi) is 3.81. The van der Waals surface area contributed by atoms with Crippen molar-refractivity contribution >= 4 is 15.9 Å². The number of aromatic nitrogens is 2. The molecule has 4 nitrogen and oxygen atoms in total. The fourth-order valence-corrected chi connectivity index (χ4v) is 1.83. The highest BCUT2D eigenvalue weighted by Gasteiger charge is 2.07. The Morgan fingerprint density at radius 2 is 2.06 bits per heavy atom. The number of hydrogen-bond donors (Lipinski definition) is 1. The van der Waals surface area contributed by atoms with Gasteiger partial charge in [-0.1, -0.05) is 28.1 Å². The summed E-state index contributed by atoms with van der Waals surface area (Å²) in [6.45, 7) is 0.973. The molecule has 1 aromatic heterocycles. The Balaban J connectivity index is 2.26. The Hall–Kier alpha value is -1.33. The van der Waals surface area contributed by atoms with Crippen LogP contribution in [0, 0.1) is 0 Å². The van der Waals surface area contributed by atoms with Crippen molar-refractivity contribution in [2.75, 3.05) is 13.2 Å². The highest BCUT2D eigenvalue weighted by molar-refractivity contribution is 9.10. The van der Waals surface area contributed by atoms with E-state index in [0.29, 0.717) is 19.0 Å². The van der Waals surface area contributed by atoms with Crippen LogP contribution in [0.1, 0.15) is 0 Å². The van der Waals surface area contributed by atoms with Gasteiger partial charge in [0.2, 0.25) is 5.88 Å². The molecule has 0 saturated heterocycles. The summed E-state index contributed by atoms with van der Waals surface area (Å²) in [5.41, 5.74) is 7.50. The molecule has 0 unspecified atom stereocenters. The third-order valence-electron chi connectivity index (χ3n) is 2.37. The molecular weight excluding hydrogens is 282 g/mol. The smallest absolute Gasteiger partial charge is 0.233 e. The van der Waals surface area contributed by atoms with Crippen LogP contribution in [0.15, 0.2) is 34.8 Å². The van der Waals surface area contributed by atoms with Crippen LogP contribution in [-0.4, -0.2) is 22.9 Å². The number of nitrogens with zero attached hydrogens (tertiary/aromatic N) is 2. The van der Waals surface area contributed by atoms with E-state index in [9.17, 15) is 0 Å². The molecule has 1 aromatic carbocycles. The predicted molar refractivity (Wildman–Crippen MR) is 70.9 cm³/mol. The maximum atomic E-state index is 5.40. The van der Waals surface area contributed by atoms with Crippen molar-refractivity contribution in [3.63, 3.8) is 0 Å². The van der Waals surface area contributed by atoms with E-state index in [4.69, 9.17) is 10.5 Å². The normalized spacial score (nSPS) is 10.5. The molecule has 0 bridgehead atoms. The van der Waals surface area contributed by atoms with Crippen LogP contribution in [0.2, 0.25) is 0 Å². The Morgan fingerprint density at radius 3 is 2.71 bits per heavy atom. The van der Waals surface area contributed by atoms with Crippen molar-refractivity contribution in [3.8, 4) is 17.1 Å². The summed E-state index contributed by atoms with van der Waals surface area (Å²) < 4.78 is 8.25. The number of benzene rings is 1. The Bertz CT molecular complexity index is 493. The van der Waals surface area contributed by atoms with E-state index < -0.39 is 0 Å². The largest absolute Gasteiger partial charge is 0.475 e. The van der Waals surface area contributed by atoms with Gasteiger partial charge in [-0.15, -0.1) is 5.10 Å². The van der Waals surface area contributed by atoms with Gasteiger partial charge in [-0.2, -0.15) is 0 Å². The lowest BCUT2D eigenvalue weighted by Crippen LogP contribution is -2.10. The fourth-order valence-electron chi connectivity index (χ4n) is 1.57. The van der Waals surface area contributed by atoms with Crippen molar-refractivity contribution in [3.05, 3.63) is 34.8 Å². The maximum absolute atomic E-state index is 5.40. The number of ether oxygens (including phenoxy) is 1. The van der Waals surface area contributed by atoms with Gasteiger partial charge in [0.25, 0.3) is 0 Å². The van der Waals surface area contributed by atoms with Gasteiger partial charge < -0.3 is 10.5 Å². The zero-order valence-electron chi connectivity index (χ0n) is 9.56. The van der Waals surface area contributed by atoms with Crippen LogP contribution in [0.5, 0.6) is 5.88 Å². The average molecular weight is 296 g/mol. The highest BCUT2D eigenvalue weighted by Crippen LogP contribution is 2.24. The van der Waals surface area contributed by atoms with Gasteiger partial charge in [0, 0.05) is 24.1 Å². The van der Waals surface area contributed by atoms with Gasteiger partial charge in [0.15, 0.2) is 0 Å². The zero-order chi connectivity index (χ0) is 12.3. The summed E-state index contributed by atoms with van der Waals surface area (Å²) in [5, 5.41) is 4.27. The SMILES string of the molecule is Cn1nc(OCCN)cc1-c1ccc(Br)cc1. The molecule has 2 rings (SSSR count). The van der Waals surface area contributed by atoms with Gasteiger partial charge in [-0.25, -0.2) is 0 Å². The lowest BCUT2D eigenvalue weighted by molar-refractivity contribution is 0.312. The predicted octanol–water partition coefficient (Wildman–Crippen LogP) is 2.19. The number of halogens is 1. The third-order valence-corrected chi connectivity index (χ3v) is 2.89. The number of aryl methyl sites for hydroxylation is 1. The van der Waals surface area contributed by atoms with Crippen molar-refractivity contribution in [2.24, 2.45) is 12.8 Å². The molecule has 0 radical (unpaired) electrons. The molecule has 0 aliphatic heterocycles. The van der Waals surface area contributed by atoms with Crippen LogP contribution < -0.4 is 10.5 Å². The van der Waals surface area contributed by atoms with Crippen LogP contribution in [0.3, 0.4) is 0 Å². The Morgan fingerprint density at radius 1 is 1.35 bits per heavy atom.